The van der Waals surface area contributed by atoms with Gasteiger partial charge in [0.05, 0.1) is 16.5 Å². The van der Waals surface area contributed by atoms with E-state index in [4.69, 9.17) is 0 Å². The summed E-state index contributed by atoms with van der Waals surface area (Å²) in [5.41, 5.74) is 3.22. The van der Waals surface area contributed by atoms with Crippen molar-refractivity contribution in [3.05, 3.63) is 95.1 Å². The predicted octanol–water partition coefficient (Wildman–Crippen LogP) is 4.02. The molecule has 1 aliphatic rings. The lowest BCUT2D eigenvalue weighted by Crippen LogP contribution is -2.56. The maximum atomic E-state index is 12.6. The van der Waals surface area contributed by atoms with E-state index in [-0.39, 0.29) is 34.3 Å². The van der Waals surface area contributed by atoms with Gasteiger partial charge in [0.25, 0.3) is 0 Å². The van der Waals surface area contributed by atoms with Crippen LogP contribution < -0.4 is 0 Å². The molecule has 1 aliphatic heterocycles. The zero-order valence-electron chi connectivity index (χ0n) is 22.2. The van der Waals surface area contributed by atoms with Gasteiger partial charge >= 0.3 is 5.97 Å². The number of nitrogens with zero attached hydrogens (tertiary/aromatic N) is 3. The first kappa shape index (κ1) is 27.8. The van der Waals surface area contributed by atoms with Gasteiger partial charge in [-0.1, -0.05) is 36.4 Å². The van der Waals surface area contributed by atoms with Gasteiger partial charge in [0, 0.05) is 45.8 Å². The van der Waals surface area contributed by atoms with Crippen molar-refractivity contribution in [1.82, 2.24) is 14.1 Å². The lowest BCUT2D eigenvalue weighted by molar-refractivity contribution is 0.0195. The van der Waals surface area contributed by atoms with Gasteiger partial charge in [-0.25, -0.2) is 17.5 Å². The van der Waals surface area contributed by atoms with Crippen molar-refractivity contribution in [2.24, 2.45) is 0 Å². The van der Waals surface area contributed by atoms with E-state index in [1.54, 1.807) is 36.4 Å². The molecule has 0 spiro atoms. The minimum Gasteiger partial charge on any atom is -0.508 e. The number of hydrogen-bond acceptors (Lipinski definition) is 6. The lowest BCUT2D eigenvalue weighted by atomic mass is 9.93. The molecule has 4 rings (SSSR count). The molecular formula is C29H35N3O5S. The third kappa shape index (κ3) is 5.91. The summed E-state index contributed by atoms with van der Waals surface area (Å²) in [6.45, 7) is 6.62. The highest BCUT2D eigenvalue weighted by Crippen LogP contribution is 2.35. The summed E-state index contributed by atoms with van der Waals surface area (Å²) >= 11 is 0. The number of carboxylic acids is 1. The first-order valence-corrected chi connectivity index (χ1v) is 14.0. The summed E-state index contributed by atoms with van der Waals surface area (Å²) < 4.78 is 26.4. The Bertz CT molecular complexity index is 1370. The number of piperazine rings is 1. The SMILES string of the molecule is C[C@@H]1CN([C@H](c2ccc(S(=O)(=O)N(C)C)cc2)c2cccc(O)c2)[C@@H](C)CN1Cc1ccc(C(=O)O)cc1. The molecule has 202 valence electrons. The second kappa shape index (κ2) is 11.2. The predicted molar refractivity (Wildman–Crippen MR) is 147 cm³/mol. The standard InChI is InChI=1S/C29H35N3O5S/c1-20-18-32(21(2)17-31(20)19-22-8-10-24(11-9-22)29(34)35)28(25-6-5-7-26(33)16-25)23-12-14-27(15-13-23)38(36,37)30(3)4/h5-16,20-21,28,33H,17-19H2,1-4H3,(H,34,35)/t20-,21+,28-/m1/s1. The molecule has 3 aromatic carbocycles. The summed E-state index contributed by atoms with van der Waals surface area (Å²) in [7, 11) is -0.508. The van der Waals surface area contributed by atoms with E-state index < -0.39 is 16.0 Å². The van der Waals surface area contributed by atoms with Crippen LogP contribution in [0.25, 0.3) is 0 Å². The number of phenolic OH excluding ortho intramolecular Hbond substituents is 1. The van der Waals surface area contributed by atoms with E-state index in [9.17, 15) is 23.4 Å². The van der Waals surface area contributed by atoms with Crippen LogP contribution in [0, 0.1) is 0 Å². The Labute approximate surface area is 224 Å². The van der Waals surface area contributed by atoms with E-state index in [0.29, 0.717) is 6.54 Å². The zero-order chi connectivity index (χ0) is 27.6. The molecule has 2 N–H and O–H groups in total. The van der Waals surface area contributed by atoms with Crippen molar-refractivity contribution >= 4 is 16.0 Å². The van der Waals surface area contributed by atoms with Crippen LogP contribution in [0.5, 0.6) is 5.75 Å². The van der Waals surface area contributed by atoms with Crippen LogP contribution in [-0.4, -0.2) is 78.0 Å². The number of aromatic carboxylic acids is 1. The first-order chi connectivity index (χ1) is 18.0. The van der Waals surface area contributed by atoms with Crippen molar-refractivity contribution in [3.8, 4) is 5.75 Å². The number of hydrogen-bond donors (Lipinski definition) is 2. The number of carbonyl (C=O) groups is 1. The number of sulfonamides is 1. The molecule has 0 aromatic heterocycles. The Hall–Kier alpha value is -3.24. The van der Waals surface area contributed by atoms with Gasteiger partial charge in [-0.15, -0.1) is 0 Å². The summed E-state index contributed by atoms with van der Waals surface area (Å²) in [6.07, 6.45) is 0. The zero-order valence-corrected chi connectivity index (χ0v) is 23.0. The van der Waals surface area contributed by atoms with Gasteiger partial charge in [-0.05, 0) is 66.9 Å². The molecule has 38 heavy (non-hydrogen) atoms. The van der Waals surface area contributed by atoms with Crippen LogP contribution in [0.3, 0.4) is 0 Å². The van der Waals surface area contributed by atoms with Crippen molar-refractivity contribution < 1.29 is 23.4 Å². The highest BCUT2D eigenvalue weighted by Gasteiger charge is 2.35. The molecule has 0 bridgehead atoms. The van der Waals surface area contributed by atoms with Crippen molar-refractivity contribution in [2.45, 2.75) is 43.4 Å². The van der Waals surface area contributed by atoms with Crippen LogP contribution in [-0.2, 0) is 16.6 Å². The van der Waals surface area contributed by atoms with E-state index in [1.807, 2.05) is 36.4 Å². The second-order valence-corrected chi connectivity index (χ2v) is 12.3. The molecule has 9 heteroatoms. The van der Waals surface area contributed by atoms with E-state index >= 15 is 0 Å². The van der Waals surface area contributed by atoms with Gasteiger partial charge in [0.2, 0.25) is 10.0 Å². The Morgan fingerprint density at radius 2 is 1.61 bits per heavy atom. The summed E-state index contributed by atoms with van der Waals surface area (Å²) in [5.74, 6) is -0.749. The summed E-state index contributed by atoms with van der Waals surface area (Å²) in [5, 5.41) is 19.4. The fraction of sp³-hybridized carbons (Fsp3) is 0.345. The third-order valence-electron chi connectivity index (χ3n) is 7.24. The quantitative estimate of drug-likeness (QED) is 0.448. The van der Waals surface area contributed by atoms with E-state index in [2.05, 4.69) is 23.6 Å². The molecule has 8 nitrogen and oxygen atoms in total. The third-order valence-corrected chi connectivity index (χ3v) is 9.07. The average molecular weight is 538 g/mol. The van der Waals surface area contributed by atoms with Crippen molar-refractivity contribution in [2.75, 3.05) is 27.2 Å². The molecule has 1 saturated heterocycles. The molecule has 0 amide bonds. The largest absolute Gasteiger partial charge is 0.508 e. The summed E-state index contributed by atoms with van der Waals surface area (Å²) in [4.78, 5) is 16.2. The molecule has 3 aromatic rings. The first-order valence-electron chi connectivity index (χ1n) is 12.6. The molecular weight excluding hydrogens is 502 g/mol. The minimum absolute atomic E-state index is 0.155. The average Bonchev–Trinajstić information content (AvgIpc) is 2.87. The smallest absolute Gasteiger partial charge is 0.335 e. The van der Waals surface area contributed by atoms with Crippen LogP contribution in [0.15, 0.2) is 77.7 Å². The van der Waals surface area contributed by atoms with E-state index in [1.165, 1.54) is 18.4 Å². The van der Waals surface area contributed by atoms with Gasteiger partial charge in [0.15, 0.2) is 0 Å². The number of aromatic hydroxyl groups is 1. The number of carboxylic acid groups (broad SMARTS) is 1. The Balaban J connectivity index is 1.61. The maximum absolute atomic E-state index is 12.6. The molecule has 0 unspecified atom stereocenters. The number of rotatable bonds is 8. The monoisotopic (exact) mass is 537 g/mol. The highest BCUT2D eigenvalue weighted by molar-refractivity contribution is 7.89. The molecule has 0 aliphatic carbocycles. The second-order valence-electron chi connectivity index (χ2n) is 10.2. The molecule has 0 radical (unpaired) electrons. The van der Waals surface area contributed by atoms with Crippen molar-refractivity contribution in [3.63, 3.8) is 0 Å². The summed E-state index contributed by atoms with van der Waals surface area (Å²) in [6, 6.07) is 21.4. The van der Waals surface area contributed by atoms with Crippen LogP contribution in [0.2, 0.25) is 0 Å². The Morgan fingerprint density at radius 3 is 2.18 bits per heavy atom. The highest BCUT2D eigenvalue weighted by atomic mass is 32.2. The van der Waals surface area contributed by atoms with Gasteiger partial charge < -0.3 is 10.2 Å². The number of benzene rings is 3. The maximum Gasteiger partial charge on any atom is 0.335 e. The minimum atomic E-state index is -3.54. The molecule has 0 saturated carbocycles. The molecule has 3 atom stereocenters. The van der Waals surface area contributed by atoms with Gasteiger partial charge in [-0.3, -0.25) is 9.80 Å². The Kier molecular flexibility index (Phi) is 8.22. The fourth-order valence-corrected chi connectivity index (χ4v) is 6.00. The van der Waals surface area contributed by atoms with Crippen LogP contribution in [0.1, 0.15) is 46.9 Å². The van der Waals surface area contributed by atoms with Gasteiger partial charge in [-0.2, -0.15) is 0 Å². The topological polar surface area (TPSA) is 101 Å². The van der Waals surface area contributed by atoms with Crippen LogP contribution >= 0.6 is 0 Å². The van der Waals surface area contributed by atoms with E-state index in [0.717, 1.165) is 29.8 Å². The van der Waals surface area contributed by atoms with Gasteiger partial charge in [0.1, 0.15) is 5.75 Å². The fourth-order valence-electron chi connectivity index (χ4n) is 5.10. The number of phenols is 1. The van der Waals surface area contributed by atoms with Crippen LogP contribution in [0.4, 0.5) is 0 Å². The lowest BCUT2D eigenvalue weighted by Gasteiger charge is -2.47. The molecule has 1 heterocycles. The normalized spacial score (nSPS) is 19.9. The Morgan fingerprint density at radius 1 is 0.947 bits per heavy atom. The van der Waals surface area contributed by atoms with Crippen molar-refractivity contribution in [1.29, 1.82) is 0 Å². The molecule has 1 fully saturated rings.